The van der Waals surface area contributed by atoms with Crippen LogP contribution >= 0.6 is 0 Å². The molecule has 4 aromatic heterocycles. The standard InChI is InChI=1S/C27H19B2F4N7O3/c1-42-24-19(20(13-4-5-13)35-12-36-24)22-37-17-3-2-8-34-21(17)25(39-22)43-11-15-7-6-14(9-16(15)30)23-38-18(26(31,32)33)10-40(23)27(28,29)41/h2-3,6-10,12-13,41H,4-5,11H2,1H3. The maximum Gasteiger partial charge on any atom is 0.434 e. The van der Waals surface area contributed by atoms with Crippen molar-refractivity contribution in [2.75, 3.05) is 7.11 Å². The van der Waals surface area contributed by atoms with Crippen LogP contribution in [0.25, 0.3) is 33.8 Å². The molecule has 1 fully saturated rings. The summed E-state index contributed by atoms with van der Waals surface area (Å²) in [6.07, 6.45) is 0.433. The van der Waals surface area contributed by atoms with E-state index in [0.29, 0.717) is 33.2 Å². The van der Waals surface area contributed by atoms with E-state index in [1.165, 1.54) is 31.8 Å². The van der Waals surface area contributed by atoms with Gasteiger partial charge >= 0.3 is 6.18 Å². The number of aromatic nitrogens is 7. The summed E-state index contributed by atoms with van der Waals surface area (Å²) in [6.45, 7) is -0.327. The second kappa shape index (κ2) is 10.6. The third kappa shape index (κ3) is 5.61. The fraction of sp³-hybridized carbons (Fsp3) is 0.259. The van der Waals surface area contributed by atoms with Crippen LogP contribution in [0.15, 0.2) is 49.1 Å². The van der Waals surface area contributed by atoms with Crippen LogP contribution in [0, 0.1) is 5.82 Å². The second-order valence-corrected chi connectivity index (χ2v) is 9.84. The number of imidazole rings is 1. The summed E-state index contributed by atoms with van der Waals surface area (Å²) in [7, 11) is 12.3. The molecule has 10 nitrogen and oxygen atoms in total. The highest BCUT2D eigenvalue weighted by molar-refractivity contribution is 6.36. The largest absolute Gasteiger partial charge is 0.480 e. The van der Waals surface area contributed by atoms with E-state index in [9.17, 15) is 18.3 Å². The van der Waals surface area contributed by atoms with E-state index in [0.717, 1.165) is 24.6 Å². The van der Waals surface area contributed by atoms with Gasteiger partial charge in [-0.1, -0.05) is 12.1 Å². The molecule has 43 heavy (non-hydrogen) atoms. The summed E-state index contributed by atoms with van der Waals surface area (Å²) < 4.78 is 67.0. The van der Waals surface area contributed by atoms with E-state index in [-0.39, 0.29) is 35.4 Å². The van der Waals surface area contributed by atoms with Crippen LogP contribution in [-0.2, 0) is 18.3 Å². The van der Waals surface area contributed by atoms with Gasteiger partial charge in [0.05, 0.1) is 23.8 Å². The molecule has 1 N–H and O–H groups in total. The van der Waals surface area contributed by atoms with Crippen molar-refractivity contribution in [2.45, 2.75) is 37.1 Å². The molecule has 5 aromatic rings. The Kier molecular flexibility index (Phi) is 7.03. The summed E-state index contributed by atoms with van der Waals surface area (Å²) in [4.78, 5) is 25.6. The van der Waals surface area contributed by atoms with Gasteiger partial charge in [0.1, 0.15) is 45.8 Å². The van der Waals surface area contributed by atoms with Crippen molar-refractivity contribution in [3.8, 4) is 34.5 Å². The summed E-state index contributed by atoms with van der Waals surface area (Å²) in [5.41, 5.74) is -2.14. The zero-order valence-corrected chi connectivity index (χ0v) is 22.4. The molecule has 6 rings (SSSR count). The first-order valence-electron chi connectivity index (χ1n) is 12.8. The van der Waals surface area contributed by atoms with Crippen molar-refractivity contribution in [1.82, 2.24) is 34.5 Å². The minimum Gasteiger partial charge on any atom is -0.480 e. The minimum atomic E-state index is -4.86. The quantitative estimate of drug-likeness (QED) is 0.213. The number of aliphatic hydroxyl groups is 1. The lowest BCUT2D eigenvalue weighted by Crippen LogP contribution is -2.34. The molecule has 4 radical (unpaired) electrons. The Morgan fingerprint density at radius 3 is 2.51 bits per heavy atom. The van der Waals surface area contributed by atoms with E-state index in [1.807, 2.05) is 0 Å². The summed E-state index contributed by atoms with van der Waals surface area (Å²) in [5, 5.41) is 9.98. The third-order valence-electron chi connectivity index (χ3n) is 6.70. The zero-order chi connectivity index (χ0) is 30.5. The molecule has 1 saturated carbocycles. The Morgan fingerprint density at radius 2 is 1.84 bits per heavy atom. The highest BCUT2D eigenvalue weighted by Crippen LogP contribution is 2.45. The molecule has 4 heterocycles. The fourth-order valence-electron chi connectivity index (χ4n) is 4.51. The van der Waals surface area contributed by atoms with Crippen molar-refractivity contribution in [1.29, 1.82) is 0 Å². The van der Waals surface area contributed by atoms with Crippen LogP contribution in [-0.4, -0.2) is 62.4 Å². The first kappa shape index (κ1) is 28.5. The Hall–Kier alpha value is -4.59. The molecule has 0 bridgehead atoms. The lowest BCUT2D eigenvalue weighted by molar-refractivity contribution is -0.141. The van der Waals surface area contributed by atoms with Crippen LogP contribution in [0.4, 0.5) is 17.6 Å². The molecule has 1 aliphatic carbocycles. The number of halogens is 4. The zero-order valence-electron chi connectivity index (χ0n) is 22.4. The molecule has 1 aromatic carbocycles. The van der Waals surface area contributed by atoms with E-state index in [1.54, 1.807) is 12.1 Å². The molecule has 214 valence electrons. The van der Waals surface area contributed by atoms with Crippen molar-refractivity contribution in [2.24, 2.45) is 0 Å². The number of benzene rings is 1. The van der Waals surface area contributed by atoms with Crippen molar-refractivity contribution in [3.05, 3.63) is 71.8 Å². The average Bonchev–Trinajstić information content (AvgIpc) is 3.70. The van der Waals surface area contributed by atoms with Crippen LogP contribution in [0.2, 0.25) is 0 Å². The van der Waals surface area contributed by atoms with Crippen LogP contribution in [0.1, 0.15) is 35.7 Å². The number of methoxy groups -OCH3 is 1. The molecule has 0 aliphatic heterocycles. The Balaban J connectivity index is 1.34. The van der Waals surface area contributed by atoms with Gasteiger partial charge in [0.2, 0.25) is 11.8 Å². The number of ether oxygens (including phenoxy) is 2. The molecule has 0 unspecified atom stereocenters. The van der Waals surface area contributed by atoms with E-state index >= 15 is 4.39 Å². The van der Waals surface area contributed by atoms with Crippen molar-refractivity contribution in [3.63, 3.8) is 0 Å². The van der Waals surface area contributed by atoms with Gasteiger partial charge in [-0.05, 0) is 31.0 Å². The predicted octanol–water partition coefficient (Wildman–Crippen LogP) is 3.87. The fourth-order valence-corrected chi connectivity index (χ4v) is 4.51. The average molecular weight is 587 g/mol. The smallest absolute Gasteiger partial charge is 0.434 e. The maximum atomic E-state index is 15.3. The molecule has 1 aliphatic rings. The molecule has 16 heteroatoms. The number of rotatable bonds is 8. The van der Waals surface area contributed by atoms with Crippen molar-refractivity contribution >= 4 is 26.7 Å². The number of alkyl halides is 3. The first-order valence-corrected chi connectivity index (χ1v) is 12.8. The first-order chi connectivity index (χ1) is 20.4. The predicted molar refractivity (Wildman–Crippen MR) is 146 cm³/mol. The molecule has 0 atom stereocenters. The van der Waals surface area contributed by atoms with Crippen LogP contribution in [0.3, 0.4) is 0 Å². The number of fused-ring (bicyclic) bond motifs is 1. The van der Waals surface area contributed by atoms with Crippen LogP contribution in [0.5, 0.6) is 11.8 Å². The lowest BCUT2D eigenvalue weighted by atomic mass is 9.73. The van der Waals surface area contributed by atoms with E-state index in [2.05, 4.69) is 29.9 Å². The highest BCUT2D eigenvalue weighted by atomic mass is 19.4. The highest BCUT2D eigenvalue weighted by Gasteiger charge is 2.37. The van der Waals surface area contributed by atoms with Gasteiger partial charge in [-0.25, -0.2) is 29.3 Å². The van der Waals surface area contributed by atoms with Gasteiger partial charge in [-0.15, -0.1) is 0 Å². The number of hydrogen-bond donors (Lipinski definition) is 1. The van der Waals surface area contributed by atoms with Gasteiger partial charge in [-0.2, -0.15) is 18.2 Å². The number of pyridine rings is 1. The Labute approximate surface area is 244 Å². The minimum absolute atomic E-state index is 0.0391. The van der Waals surface area contributed by atoms with Gasteiger partial charge in [0, 0.05) is 29.4 Å². The Morgan fingerprint density at radius 1 is 1.05 bits per heavy atom. The summed E-state index contributed by atoms with van der Waals surface area (Å²) in [5.74, 6) is -0.519. The molecule has 0 saturated heterocycles. The lowest BCUT2D eigenvalue weighted by Gasteiger charge is -2.23. The second-order valence-electron chi connectivity index (χ2n) is 9.84. The normalized spacial score (nSPS) is 13.8. The molecular weight excluding hydrogens is 568 g/mol. The van der Waals surface area contributed by atoms with Gasteiger partial charge < -0.3 is 19.1 Å². The SMILES string of the molecule is [B]C([B])(O)n1cc(C(F)(F)F)nc1-c1ccc(COc2nc(-c3c(OC)ncnc3C3CC3)nc3cccnc23)c(F)c1. The molecule has 0 amide bonds. The van der Waals surface area contributed by atoms with E-state index < -0.39 is 29.0 Å². The summed E-state index contributed by atoms with van der Waals surface area (Å²) in [6, 6.07) is 6.93. The number of hydrogen-bond acceptors (Lipinski definition) is 9. The van der Waals surface area contributed by atoms with Gasteiger partial charge in [0.15, 0.2) is 17.0 Å². The third-order valence-corrected chi connectivity index (χ3v) is 6.70. The summed E-state index contributed by atoms with van der Waals surface area (Å²) >= 11 is 0. The van der Waals surface area contributed by atoms with Gasteiger partial charge in [0.25, 0.3) is 0 Å². The monoisotopic (exact) mass is 587 g/mol. The maximum absolute atomic E-state index is 15.3. The number of nitrogens with zero attached hydrogens (tertiary/aromatic N) is 7. The Bertz CT molecular complexity index is 1840. The van der Waals surface area contributed by atoms with Gasteiger partial charge in [-0.3, -0.25) is 0 Å². The molecular formula is C27H19B2F4N7O3. The van der Waals surface area contributed by atoms with Crippen molar-refractivity contribution < 1.29 is 32.1 Å². The van der Waals surface area contributed by atoms with E-state index in [4.69, 9.17) is 25.2 Å². The molecule has 0 spiro atoms. The van der Waals surface area contributed by atoms with Crippen LogP contribution < -0.4 is 9.47 Å². The topological polar surface area (TPSA) is 121 Å².